The summed E-state index contributed by atoms with van der Waals surface area (Å²) in [6.45, 7) is 5.75. The number of non-ortho nitro benzene ring substituents is 1. The molecule has 2 fully saturated rings. The molecule has 3 heterocycles. The minimum atomic E-state index is -0.882. The van der Waals surface area contributed by atoms with E-state index in [9.17, 15) is 24.5 Å². The van der Waals surface area contributed by atoms with Crippen molar-refractivity contribution >= 4 is 34.5 Å². The maximum Gasteiger partial charge on any atom is 0.269 e. The summed E-state index contributed by atoms with van der Waals surface area (Å²) in [5.41, 5.74) is 2.94. The highest BCUT2D eigenvalue weighted by Crippen LogP contribution is 2.50. The molecule has 0 saturated carbocycles. The monoisotopic (exact) mass is 459 g/mol. The van der Waals surface area contributed by atoms with Crippen LogP contribution in [0, 0.1) is 22.0 Å². The molecule has 0 spiro atoms. The summed E-state index contributed by atoms with van der Waals surface area (Å²) >= 11 is 0. The first-order valence-corrected chi connectivity index (χ1v) is 11.5. The molecular formula is C26H25N3O5. The normalized spacial score (nSPS) is 26.0. The molecule has 34 heavy (non-hydrogen) atoms. The van der Waals surface area contributed by atoms with Crippen LogP contribution < -0.4 is 4.90 Å². The van der Waals surface area contributed by atoms with Gasteiger partial charge in [-0.05, 0) is 44.0 Å². The third-order valence-corrected chi connectivity index (χ3v) is 7.45. The second-order valence-electron chi connectivity index (χ2n) is 9.23. The Morgan fingerprint density at radius 1 is 1.06 bits per heavy atom. The van der Waals surface area contributed by atoms with Gasteiger partial charge in [0, 0.05) is 35.0 Å². The Balaban J connectivity index is 1.65. The largest absolute Gasteiger partial charge is 0.352 e. The number of para-hydroxylation sites is 1. The molecule has 0 bridgehead atoms. The van der Waals surface area contributed by atoms with Crippen LogP contribution in [0.3, 0.4) is 0 Å². The fourth-order valence-electron chi connectivity index (χ4n) is 5.66. The molecule has 174 valence electrons. The van der Waals surface area contributed by atoms with Crippen molar-refractivity contribution < 1.29 is 19.3 Å². The fourth-order valence-corrected chi connectivity index (χ4v) is 5.66. The van der Waals surface area contributed by atoms with Gasteiger partial charge in [-0.1, -0.05) is 31.2 Å². The molecule has 0 aromatic heterocycles. The van der Waals surface area contributed by atoms with Gasteiger partial charge in [-0.3, -0.25) is 29.4 Å². The topological polar surface area (TPSA) is 101 Å². The van der Waals surface area contributed by atoms with Crippen LogP contribution in [0.2, 0.25) is 0 Å². The third-order valence-electron chi connectivity index (χ3n) is 7.45. The summed E-state index contributed by atoms with van der Waals surface area (Å²) in [6, 6.07) is 11.6. The third kappa shape index (κ3) is 3.01. The Morgan fingerprint density at radius 2 is 1.71 bits per heavy atom. The number of fused-ring (bicyclic) bond motifs is 5. The van der Waals surface area contributed by atoms with Crippen molar-refractivity contribution in [3.05, 3.63) is 75.8 Å². The zero-order valence-electron chi connectivity index (χ0n) is 19.2. The summed E-state index contributed by atoms with van der Waals surface area (Å²) < 4.78 is 0. The van der Waals surface area contributed by atoms with Gasteiger partial charge in [0.1, 0.15) is 6.04 Å². The summed E-state index contributed by atoms with van der Waals surface area (Å²) in [5.74, 6) is -2.34. The number of likely N-dealkylation sites (tertiary alicyclic amines) is 1. The molecule has 5 atom stereocenters. The van der Waals surface area contributed by atoms with E-state index in [1.807, 2.05) is 56.0 Å². The molecule has 8 heteroatoms. The van der Waals surface area contributed by atoms with Crippen LogP contribution in [-0.4, -0.2) is 45.5 Å². The lowest BCUT2D eigenvalue weighted by atomic mass is 9.85. The van der Waals surface area contributed by atoms with Crippen molar-refractivity contribution in [2.75, 3.05) is 4.90 Å². The lowest BCUT2D eigenvalue weighted by Crippen LogP contribution is -2.50. The summed E-state index contributed by atoms with van der Waals surface area (Å²) in [4.78, 5) is 54.9. The van der Waals surface area contributed by atoms with E-state index >= 15 is 0 Å². The predicted molar refractivity (Wildman–Crippen MR) is 126 cm³/mol. The molecule has 2 aromatic rings. The Labute approximate surface area is 197 Å². The van der Waals surface area contributed by atoms with Gasteiger partial charge in [0.2, 0.25) is 11.8 Å². The number of anilines is 1. The molecule has 3 aliphatic rings. The molecule has 0 radical (unpaired) electrons. The maximum absolute atomic E-state index is 13.9. The molecule has 8 nitrogen and oxygen atoms in total. The van der Waals surface area contributed by atoms with E-state index in [2.05, 4.69) is 0 Å². The van der Waals surface area contributed by atoms with E-state index in [0.717, 1.165) is 16.8 Å². The quantitative estimate of drug-likeness (QED) is 0.291. The summed E-state index contributed by atoms with van der Waals surface area (Å²) in [6.07, 6.45) is 2.62. The van der Waals surface area contributed by atoms with E-state index in [-0.39, 0.29) is 34.9 Å². The van der Waals surface area contributed by atoms with E-state index in [1.54, 1.807) is 0 Å². The number of carbonyl (C=O) groups excluding carboxylic acids is 3. The highest BCUT2D eigenvalue weighted by Gasteiger charge is 2.64. The highest BCUT2D eigenvalue weighted by atomic mass is 16.6. The average Bonchev–Trinajstić information content (AvgIpc) is 3.31. The summed E-state index contributed by atoms with van der Waals surface area (Å²) in [5, 5.41) is 11.1. The van der Waals surface area contributed by atoms with Crippen LogP contribution in [0.5, 0.6) is 0 Å². The molecular weight excluding hydrogens is 434 g/mol. The SMILES string of the molecule is CC[C@@H](C)N1C(=O)[C@@H]2[C@@H](C1=O)[C@@H](C(=O)c1ccc([N+](=O)[O-])cc1)N1c3ccccc3C(C)=C[C@H]21. The van der Waals surface area contributed by atoms with Gasteiger partial charge in [-0.2, -0.15) is 0 Å². The number of Topliss-reactive ketones (excluding diaryl/α,β-unsaturated/α-hetero) is 1. The first kappa shape index (κ1) is 22.0. The van der Waals surface area contributed by atoms with E-state index in [1.165, 1.54) is 29.2 Å². The fraction of sp³-hybridized carbons (Fsp3) is 0.346. The van der Waals surface area contributed by atoms with Crippen molar-refractivity contribution in [2.45, 2.75) is 45.3 Å². The van der Waals surface area contributed by atoms with Crippen LogP contribution >= 0.6 is 0 Å². The number of hydrogen-bond acceptors (Lipinski definition) is 6. The van der Waals surface area contributed by atoms with Crippen molar-refractivity contribution in [3.63, 3.8) is 0 Å². The van der Waals surface area contributed by atoms with E-state index in [0.29, 0.717) is 6.42 Å². The lowest BCUT2D eigenvalue weighted by Gasteiger charge is -2.38. The van der Waals surface area contributed by atoms with Crippen LogP contribution in [-0.2, 0) is 9.59 Å². The van der Waals surface area contributed by atoms with E-state index < -0.39 is 28.8 Å². The minimum absolute atomic E-state index is 0.115. The number of carbonyl (C=O) groups is 3. The van der Waals surface area contributed by atoms with Crippen LogP contribution in [0.1, 0.15) is 43.1 Å². The van der Waals surface area contributed by atoms with Gasteiger partial charge in [0.25, 0.3) is 5.69 Å². The second-order valence-corrected chi connectivity index (χ2v) is 9.23. The molecule has 2 amide bonds. The van der Waals surface area contributed by atoms with E-state index in [4.69, 9.17) is 0 Å². The number of allylic oxidation sites excluding steroid dienone is 1. The van der Waals surface area contributed by atoms with Crippen molar-refractivity contribution in [2.24, 2.45) is 11.8 Å². The number of hydrogen-bond donors (Lipinski definition) is 0. The standard InChI is InChI=1S/C26H25N3O5/c1-4-15(3)27-25(31)21-20-13-14(2)18-7-5-6-8-19(18)28(20)23(22(21)26(27)32)24(30)16-9-11-17(12-10-16)29(33)34/h5-13,15,20-23H,4H2,1-3H3/t15-,20-,21+,22-,23+/m1/s1. The first-order chi connectivity index (χ1) is 16.3. The number of imide groups is 1. The van der Waals surface area contributed by atoms with Crippen molar-refractivity contribution in [1.29, 1.82) is 0 Å². The number of nitro groups is 1. The molecule has 0 N–H and O–H groups in total. The lowest BCUT2D eigenvalue weighted by molar-refractivity contribution is -0.384. The zero-order chi connectivity index (χ0) is 24.3. The Morgan fingerprint density at radius 3 is 2.35 bits per heavy atom. The van der Waals surface area contributed by atoms with Gasteiger partial charge in [0.15, 0.2) is 5.78 Å². The molecule has 2 aromatic carbocycles. The first-order valence-electron chi connectivity index (χ1n) is 11.5. The Kier molecular flexibility index (Phi) is 5.11. The predicted octanol–water partition coefficient (Wildman–Crippen LogP) is 3.85. The molecule has 2 saturated heterocycles. The maximum atomic E-state index is 13.9. The van der Waals surface area contributed by atoms with Crippen molar-refractivity contribution in [3.8, 4) is 0 Å². The molecule has 0 aliphatic carbocycles. The smallest absolute Gasteiger partial charge is 0.269 e. The number of nitro benzene ring substituents is 1. The Hall–Kier alpha value is -3.81. The Bertz CT molecular complexity index is 1250. The van der Waals surface area contributed by atoms with Gasteiger partial charge in [0.05, 0.1) is 22.8 Å². The van der Waals surface area contributed by atoms with Gasteiger partial charge in [-0.25, -0.2) is 0 Å². The zero-order valence-corrected chi connectivity index (χ0v) is 19.2. The number of ketones is 1. The van der Waals surface area contributed by atoms with Crippen molar-refractivity contribution in [1.82, 2.24) is 4.90 Å². The number of nitrogens with zero attached hydrogens (tertiary/aromatic N) is 3. The molecule has 5 rings (SSSR count). The summed E-state index contributed by atoms with van der Waals surface area (Å²) in [7, 11) is 0. The van der Waals surface area contributed by atoms with Gasteiger partial charge < -0.3 is 4.90 Å². The number of amides is 2. The number of benzene rings is 2. The van der Waals surface area contributed by atoms with Gasteiger partial charge >= 0.3 is 0 Å². The van der Waals surface area contributed by atoms with Crippen LogP contribution in [0.15, 0.2) is 54.6 Å². The number of rotatable bonds is 5. The molecule has 3 aliphatic heterocycles. The average molecular weight is 460 g/mol. The molecule has 0 unspecified atom stereocenters. The van der Waals surface area contributed by atoms with Crippen LogP contribution in [0.25, 0.3) is 5.57 Å². The second kappa shape index (κ2) is 7.90. The minimum Gasteiger partial charge on any atom is -0.352 e. The van der Waals surface area contributed by atoms with Crippen LogP contribution in [0.4, 0.5) is 11.4 Å². The van der Waals surface area contributed by atoms with Gasteiger partial charge in [-0.15, -0.1) is 0 Å². The highest BCUT2D eigenvalue weighted by molar-refractivity contribution is 6.14.